The van der Waals surface area contributed by atoms with E-state index in [1.165, 1.54) is 30.3 Å². The summed E-state index contributed by atoms with van der Waals surface area (Å²) in [5.74, 6) is -0.694. The first-order chi connectivity index (χ1) is 13.7. The third kappa shape index (κ3) is 4.90. The van der Waals surface area contributed by atoms with Gasteiger partial charge in [-0.15, -0.1) is 0 Å². The van der Waals surface area contributed by atoms with E-state index in [2.05, 4.69) is 4.72 Å². The Morgan fingerprint density at radius 3 is 2.62 bits per heavy atom. The molecule has 0 saturated heterocycles. The number of esters is 1. The van der Waals surface area contributed by atoms with Gasteiger partial charge in [0, 0.05) is 23.1 Å². The zero-order valence-electron chi connectivity index (χ0n) is 16.3. The molecule has 0 aliphatic rings. The molecule has 3 rings (SSSR count). The summed E-state index contributed by atoms with van der Waals surface area (Å²) in [5, 5.41) is 0.667. The Labute approximate surface area is 168 Å². The average molecular weight is 415 g/mol. The van der Waals surface area contributed by atoms with E-state index in [-0.39, 0.29) is 23.1 Å². The summed E-state index contributed by atoms with van der Waals surface area (Å²) in [6, 6.07) is 12.0. The maximum Gasteiger partial charge on any atom is 0.338 e. The number of benzene rings is 2. The van der Waals surface area contributed by atoms with Crippen LogP contribution >= 0.6 is 0 Å². The van der Waals surface area contributed by atoms with E-state index in [0.717, 1.165) is 5.56 Å². The smallest absolute Gasteiger partial charge is 0.338 e. The van der Waals surface area contributed by atoms with Crippen LogP contribution in [0.2, 0.25) is 0 Å². The molecule has 7 nitrogen and oxygen atoms in total. The molecule has 152 valence electrons. The summed E-state index contributed by atoms with van der Waals surface area (Å²) in [5.41, 5.74) is 1.41. The van der Waals surface area contributed by atoms with E-state index in [1.807, 2.05) is 13.0 Å². The van der Waals surface area contributed by atoms with Crippen molar-refractivity contribution in [3.63, 3.8) is 0 Å². The number of ether oxygens (including phenoxy) is 1. The van der Waals surface area contributed by atoms with Crippen LogP contribution in [0.25, 0.3) is 11.0 Å². The Bertz CT molecular complexity index is 1230. The Hall–Kier alpha value is -2.97. The Balaban J connectivity index is 1.83. The van der Waals surface area contributed by atoms with Gasteiger partial charge in [0.15, 0.2) is 0 Å². The first-order valence-corrected chi connectivity index (χ1v) is 10.5. The number of carbonyl (C=O) groups excluding carboxylic acids is 1. The summed E-state index contributed by atoms with van der Waals surface area (Å²) in [7, 11) is -3.73. The fraction of sp³-hybridized carbons (Fsp3) is 0.238. The minimum absolute atomic E-state index is 0.0260. The minimum atomic E-state index is -3.73. The lowest BCUT2D eigenvalue weighted by atomic mass is 10.1. The molecule has 1 N–H and O–H groups in total. The Morgan fingerprint density at radius 1 is 1.14 bits per heavy atom. The highest BCUT2D eigenvalue weighted by Gasteiger charge is 2.18. The van der Waals surface area contributed by atoms with E-state index in [9.17, 15) is 18.0 Å². The van der Waals surface area contributed by atoms with Crippen LogP contribution in [-0.2, 0) is 21.4 Å². The van der Waals surface area contributed by atoms with Crippen molar-refractivity contribution in [2.45, 2.75) is 38.3 Å². The molecule has 0 unspecified atom stereocenters. The molecule has 0 aliphatic heterocycles. The van der Waals surface area contributed by atoms with E-state index in [1.54, 1.807) is 26.0 Å². The van der Waals surface area contributed by atoms with Crippen molar-refractivity contribution in [2.24, 2.45) is 0 Å². The summed E-state index contributed by atoms with van der Waals surface area (Å²) in [6.45, 7) is 5.14. The molecule has 0 bridgehead atoms. The van der Waals surface area contributed by atoms with Gasteiger partial charge in [-0.3, -0.25) is 0 Å². The number of nitrogens with one attached hydrogen (secondary N) is 1. The highest BCUT2D eigenvalue weighted by atomic mass is 32.2. The molecule has 29 heavy (non-hydrogen) atoms. The molecule has 8 heteroatoms. The topological polar surface area (TPSA) is 103 Å². The number of hydrogen-bond donors (Lipinski definition) is 1. The van der Waals surface area contributed by atoms with Crippen molar-refractivity contribution >= 4 is 27.0 Å². The molecule has 0 saturated carbocycles. The summed E-state index contributed by atoms with van der Waals surface area (Å²) >= 11 is 0. The zero-order chi connectivity index (χ0) is 21.2. The predicted molar refractivity (Wildman–Crippen MR) is 108 cm³/mol. The van der Waals surface area contributed by atoms with Crippen LogP contribution in [0, 0.1) is 6.92 Å². The van der Waals surface area contributed by atoms with Crippen molar-refractivity contribution in [3.8, 4) is 0 Å². The molecule has 3 aromatic rings. The van der Waals surface area contributed by atoms with Gasteiger partial charge in [0.05, 0.1) is 10.5 Å². The lowest BCUT2D eigenvalue weighted by Crippen LogP contribution is -2.30. The molecule has 0 spiro atoms. The number of hydrogen-bond acceptors (Lipinski definition) is 6. The average Bonchev–Trinajstić information content (AvgIpc) is 2.64. The van der Waals surface area contributed by atoms with E-state index in [4.69, 9.17) is 9.15 Å². The van der Waals surface area contributed by atoms with Crippen LogP contribution in [0.1, 0.15) is 35.3 Å². The lowest BCUT2D eigenvalue weighted by molar-refractivity contribution is 0.0473. The molecular weight excluding hydrogens is 394 g/mol. The Morgan fingerprint density at radius 2 is 1.90 bits per heavy atom. The van der Waals surface area contributed by atoms with Gasteiger partial charge < -0.3 is 9.15 Å². The highest BCUT2D eigenvalue weighted by molar-refractivity contribution is 7.89. The van der Waals surface area contributed by atoms with Gasteiger partial charge in [-0.25, -0.2) is 22.7 Å². The van der Waals surface area contributed by atoms with Gasteiger partial charge in [0.25, 0.3) is 0 Å². The normalized spacial score (nSPS) is 11.7. The molecule has 2 aromatic carbocycles. The first-order valence-electron chi connectivity index (χ1n) is 8.98. The number of rotatable bonds is 6. The van der Waals surface area contributed by atoms with Gasteiger partial charge in [0.1, 0.15) is 12.2 Å². The number of sulfonamides is 1. The van der Waals surface area contributed by atoms with Crippen molar-refractivity contribution in [2.75, 3.05) is 0 Å². The molecule has 0 atom stereocenters. The van der Waals surface area contributed by atoms with Gasteiger partial charge in [-0.2, -0.15) is 0 Å². The third-order valence-electron chi connectivity index (χ3n) is 4.12. The number of aryl methyl sites for hydroxylation is 1. The van der Waals surface area contributed by atoms with Crippen molar-refractivity contribution in [1.82, 2.24) is 4.72 Å². The van der Waals surface area contributed by atoms with Crippen molar-refractivity contribution in [3.05, 3.63) is 75.6 Å². The molecule has 1 aromatic heterocycles. The maximum absolute atomic E-state index is 12.5. The van der Waals surface area contributed by atoms with Gasteiger partial charge in [-0.1, -0.05) is 18.2 Å². The quantitative estimate of drug-likeness (QED) is 0.490. The second-order valence-corrected chi connectivity index (χ2v) is 8.68. The molecule has 0 fully saturated rings. The van der Waals surface area contributed by atoms with E-state index >= 15 is 0 Å². The second-order valence-electron chi connectivity index (χ2n) is 6.97. The monoisotopic (exact) mass is 415 g/mol. The van der Waals surface area contributed by atoms with Crippen LogP contribution in [0.5, 0.6) is 0 Å². The molecule has 0 aliphatic carbocycles. The van der Waals surface area contributed by atoms with Gasteiger partial charge in [0.2, 0.25) is 10.0 Å². The molecule has 0 amide bonds. The Kier molecular flexibility index (Phi) is 5.86. The first kappa shape index (κ1) is 20.8. The fourth-order valence-corrected chi connectivity index (χ4v) is 4.15. The number of fused-ring (bicyclic) bond motifs is 1. The van der Waals surface area contributed by atoms with Crippen LogP contribution in [-0.4, -0.2) is 20.4 Å². The van der Waals surface area contributed by atoms with Crippen molar-refractivity contribution in [1.29, 1.82) is 0 Å². The maximum atomic E-state index is 12.5. The molecular formula is C21H21NO6S. The van der Waals surface area contributed by atoms with Crippen LogP contribution in [0.15, 0.2) is 62.6 Å². The molecule has 1 heterocycles. The van der Waals surface area contributed by atoms with Gasteiger partial charge >= 0.3 is 11.6 Å². The largest absolute Gasteiger partial charge is 0.457 e. The minimum Gasteiger partial charge on any atom is -0.457 e. The predicted octanol–water partition coefficient (Wildman–Crippen LogP) is 3.15. The van der Waals surface area contributed by atoms with E-state index in [0.29, 0.717) is 16.5 Å². The van der Waals surface area contributed by atoms with Crippen LogP contribution < -0.4 is 10.3 Å². The van der Waals surface area contributed by atoms with E-state index < -0.39 is 21.6 Å². The zero-order valence-corrected chi connectivity index (χ0v) is 17.1. The molecule has 0 radical (unpaired) electrons. The van der Waals surface area contributed by atoms with Gasteiger partial charge in [-0.05, 0) is 50.6 Å². The second kappa shape index (κ2) is 8.18. The fourth-order valence-electron chi connectivity index (χ4n) is 2.85. The lowest BCUT2D eigenvalue weighted by Gasteiger charge is -2.11. The van der Waals surface area contributed by atoms with Crippen LogP contribution in [0.4, 0.5) is 0 Å². The summed E-state index contributed by atoms with van der Waals surface area (Å²) in [4.78, 5) is 24.2. The van der Waals surface area contributed by atoms with Crippen molar-refractivity contribution < 1.29 is 22.4 Å². The SMILES string of the molecule is Cc1ccc2c(COC(=O)c3cccc(S(=O)(=O)NC(C)C)c3)cc(=O)oc2c1. The highest BCUT2D eigenvalue weighted by Crippen LogP contribution is 2.20. The number of carbonyl (C=O) groups is 1. The third-order valence-corrected chi connectivity index (χ3v) is 5.77. The summed E-state index contributed by atoms with van der Waals surface area (Å²) in [6.07, 6.45) is 0. The summed E-state index contributed by atoms with van der Waals surface area (Å²) < 4.78 is 37.6. The van der Waals surface area contributed by atoms with Crippen LogP contribution in [0.3, 0.4) is 0 Å². The standard InChI is InChI=1S/C21H21NO6S/c1-13(2)22-29(25,26)17-6-4-5-15(10-17)21(24)27-12-16-11-20(23)28-19-9-14(3)7-8-18(16)19/h4-11,13,22H,12H2,1-3H3.